The molecule has 0 bridgehead atoms. The van der Waals surface area contributed by atoms with Gasteiger partial charge in [0.25, 0.3) is 0 Å². The maximum absolute atomic E-state index is 6.24. The highest BCUT2D eigenvalue weighted by molar-refractivity contribution is 5.81. The summed E-state index contributed by atoms with van der Waals surface area (Å²) in [7, 11) is 0. The van der Waals surface area contributed by atoms with E-state index in [4.69, 9.17) is 9.72 Å². The van der Waals surface area contributed by atoms with E-state index in [1.165, 1.54) is 61.9 Å². The van der Waals surface area contributed by atoms with Gasteiger partial charge in [0.2, 0.25) is 0 Å². The van der Waals surface area contributed by atoms with E-state index in [-0.39, 0.29) is 0 Å². The van der Waals surface area contributed by atoms with Crippen LogP contribution in [-0.2, 0) is 6.54 Å². The number of nitrogens with one attached hydrogen (secondary N) is 1. The Morgan fingerprint density at radius 1 is 0.912 bits per heavy atom. The zero-order valence-corrected chi connectivity index (χ0v) is 20.4. The Kier molecular flexibility index (Phi) is 7.57. The number of hydrogen-bond donors (Lipinski definition) is 1. The molecule has 3 heterocycles. The highest BCUT2D eigenvalue weighted by atomic mass is 16.5. The summed E-state index contributed by atoms with van der Waals surface area (Å²) >= 11 is 0. The minimum absolute atomic E-state index is 0.621. The average molecular weight is 456 g/mol. The van der Waals surface area contributed by atoms with E-state index >= 15 is 0 Å². The van der Waals surface area contributed by atoms with Crippen LogP contribution in [-0.4, -0.2) is 42.7 Å². The zero-order chi connectivity index (χ0) is 23.2. The van der Waals surface area contributed by atoms with Gasteiger partial charge in [-0.3, -0.25) is 9.88 Å². The molecule has 0 aliphatic carbocycles. The number of hydrogen-bond acceptors (Lipinski definition) is 4. The van der Waals surface area contributed by atoms with Crippen molar-refractivity contribution in [2.75, 3.05) is 32.8 Å². The lowest BCUT2D eigenvalue weighted by Gasteiger charge is -2.26. The molecule has 0 spiro atoms. The molecule has 0 amide bonds. The Balaban J connectivity index is 1.39. The Morgan fingerprint density at radius 2 is 1.62 bits per heavy atom. The van der Waals surface area contributed by atoms with Crippen molar-refractivity contribution in [2.24, 2.45) is 5.92 Å². The number of piperidine rings is 2. The summed E-state index contributed by atoms with van der Waals surface area (Å²) in [6, 6.07) is 19.9. The van der Waals surface area contributed by atoms with Crippen LogP contribution >= 0.6 is 0 Å². The maximum Gasteiger partial charge on any atom is 0.138 e. The maximum atomic E-state index is 6.24. The van der Waals surface area contributed by atoms with Crippen molar-refractivity contribution in [3.8, 4) is 28.1 Å². The lowest BCUT2D eigenvalue weighted by Crippen LogP contribution is -2.30. The highest BCUT2D eigenvalue weighted by Crippen LogP contribution is 2.34. The molecule has 5 rings (SSSR count). The number of pyridine rings is 1. The monoisotopic (exact) mass is 455 g/mol. The van der Waals surface area contributed by atoms with E-state index in [1.54, 1.807) is 0 Å². The zero-order valence-electron chi connectivity index (χ0n) is 20.4. The highest BCUT2D eigenvalue weighted by Gasteiger charge is 2.16. The summed E-state index contributed by atoms with van der Waals surface area (Å²) in [5, 5.41) is 3.43. The predicted molar refractivity (Wildman–Crippen MR) is 140 cm³/mol. The van der Waals surface area contributed by atoms with E-state index < -0.39 is 0 Å². The molecule has 4 heteroatoms. The number of aromatic nitrogens is 1. The smallest absolute Gasteiger partial charge is 0.138 e. The molecule has 0 unspecified atom stereocenters. The van der Waals surface area contributed by atoms with Crippen molar-refractivity contribution in [1.29, 1.82) is 0 Å². The minimum atomic E-state index is 0.621. The first-order chi connectivity index (χ1) is 16.7. The SMILES string of the molecule is Cc1ccc(-c2ncc(OCC3CCNCC3)cc2-c2ccc(CN3CCCCC3)cc2)cc1. The van der Waals surface area contributed by atoms with Gasteiger partial charge in [-0.25, -0.2) is 0 Å². The van der Waals surface area contributed by atoms with Crippen LogP contribution in [0.1, 0.15) is 43.2 Å². The first kappa shape index (κ1) is 23.1. The van der Waals surface area contributed by atoms with E-state index in [9.17, 15) is 0 Å². The van der Waals surface area contributed by atoms with E-state index in [0.29, 0.717) is 5.92 Å². The summed E-state index contributed by atoms with van der Waals surface area (Å²) < 4.78 is 6.24. The van der Waals surface area contributed by atoms with Crippen molar-refractivity contribution < 1.29 is 4.74 Å². The number of nitrogens with zero attached hydrogens (tertiary/aromatic N) is 2. The predicted octanol–water partition coefficient (Wildman–Crippen LogP) is 6.09. The van der Waals surface area contributed by atoms with Crippen molar-refractivity contribution in [2.45, 2.75) is 45.6 Å². The number of ether oxygens (including phenoxy) is 1. The van der Waals surface area contributed by atoms with Crippen molar-refractivity contribution in [3.63, 3.8) is 0 Å². The Bertz CT molecular complexity index is 1050. The second-order valence-electron chi connectivity index (χ2n) is 9.97. The van der Waals surface area contributed by atoms with Crippen LogP contribution < -0.4 is 10.1 Å². The Hall–Kier alpha value is -2.69. The summed E-state index contributed by atoms with van der Waals surface area (Å²) in [5.74, 6) is 1.48. The van der Waals surface area contributed by atoms with Crippen molar-refractivity contribution >= 4 is 0 Å². The standard InChI is InChI=1S/C30H37N3O/c1-23-5-9-27(10-6-23)30-29(19-28(20-32-30)34-22-25-13-15-31-16-14-25)26-11-7-24(8-12-26)21-33-17-3-2-4-18-33/h5-12,19-20,25,31H,2-4,13-18,21-22H2,1H3. The molecule has 1 N–H and O–H groups in total. The second kappa shape index (κ2) is 11.2. The van der Waals surface area contributed by atoms with Gasteiger partial charge in [0, 0.05) is 17.7 Å². The van der Waals surface area contributed by atoms with Gasteiger partial charge in [0.15, 0.2) is 0 Å². The fourth-order valence-corrected chi connectivity index (χ4v) is 5.11. The van der Waals surface area contributed by atoms with Crippen LogP contribution in [0, 0.1) is 12.8 Å². The molecule has 1 aromatic heterocycles. The summed E-state index contributed by atoms with van der Waals surface area (Å²) in [4.78, 5) is 7.47. The van der Waals surface area contributed by atoms with Crippen LogP contribution in [0.5, 0.6) is 5.75 Å². The third kappa shape index (κ3) is 5.86. The molecule has 178 valence electrons. The summed E-state index contributed by atoms with van der Waals surface area (Å²) in [6.07, 6.45) is 8.28. The van der Waals surface area contributed by atoms with Gasteiger partial charge in [-0.15, -0.1) is 0 Å². The molecular formula is C30H37N3O. The molecule has 0 radical (unpaired) electrons. The van der Waals surface area contributed by atoms with Gasteiger partial charge in [0.1, 0.15) is 5.75 Å². The molecule has 2 aliphatic heterocycles. The van der Waals surface area contributed by atoms with E-state index in [0.717, 1.165) is 48.8 Å². The van der Waals surface area contributed by atoms with Gasteiger partial charge < -0.3 is 10.1 Å². The molecule has 2 aliphatic rings. The fraction of sp³-hybridized carbons (Fsp3) is 0.433. The number of likely N-dealkylation sites (tertiary alicyclic amines) is 1. The minimum Gasteiger partial charge on any atom is -0.492 e. The molecule has 4 nitrogen and oxygen atoms in total. The lowest BCUT2D eigenvalue weighted by molar-refractivity contribution is 0.215. The largest absolute Gasteiger partial charge is 0.492 e. The van der Waals surface area contributed by atoms with E-state index in [1.807, 2.05) is 6.20 Å². The summed E-state index contributed by atoms with van der Waals surface area (Å²) in [6.45, 7) is 8.56. The number of benzene rings is 2. The van der Waals surface area contributed by atoms with Crippen LogP contribution in [0.25, 0.3) is 22.4 Å². The molecule has 34 heavy (non-hydrogen) atoms. The first-order valence-electron chi connectivity index (χ1n) is 13.0. The Morgan fingerprint density at radius 3 is 2.35 bits per heavy atom. The molecule has 2 fully saturated rings. The molecule has 3 aromatic rings. The van der Waals surface area contributed by atoms with E-state index in [2.05, 4.69) is 71.7 Å². The normalized spacial score (nSPS) is 17.6. The molecule has 2 saturated heterocycles. The topological polar surface area (TPSA) is 37.4 Å². The Labute approximate surface area is 204 Å². The third-order valence-electron chi connectivity index (χ3n) is 7.25. The molecular weight excluding hydrogens is 418 g/mol. The fourth-order valence-electron chi connectivity index (χ4n) is 5.11. The summed E-state index contributed by atoms with van der Waals surface area (Å²) in [5.41, 5.74) is 7.12. The lowest BCUT2D eigenvalue weighted by atomic mass is 9.97. The number of aryl methyl sites for hydroxylation is 1. The van der Waals surface area contributed by atoms with Gasteiger partial charge in [-0.2, -0.15) is 0 Å². The number of rotatable bonds is 7. The average Bonchev–Trinajstić information content (AvgIpc) is 2.90. The molecule has 0 atom stereocenters. The van der Waals surface area contributed by atoms with Crippen LogP contribution in [0.15, 0.2) is 60.8 Å². The third-order valence-corrected chi connectivity index (χ3v) is 7.25. The van der Waals surface area contributed by atoms with Crippen LogP contribution in [0.3, 0.4) is 0 Å². The van der Waals surface area contributed by atoms with Gasteiger partial charge in [-0.1, -0.05) is 60.5 Å². The van der Waals surface area contributed by atoms with Crippen molar-refractivity contribution in [3.05, 3.63) is 71.9 Å². The first-order valence-corrected chi connectivity index (χ1v) is 13.0. The van der Waals surface area contributed by atoms with Gasteiger partial charge in [0.05, 0.1) is 18.5 Å². The van der Waals surface area contributed by atoms with Gasteiger partial charge >= 0.3 is 0 Å². The van der Waals surface area contributed by atoms with Crippen LogP contribution in [0.4, 0.5) is 0 Å². The second-order valence-corrected chi connectivity index (χ2v) is 9.97. The van der Waals surface area contributed by atoms with Crippen molar-refractivity contribution in [1.82, 2.24) is 15.2 Å². The quantitative estimate of drug-likeness (QED) is 0.468. The molecule has 2 aromatic carbocycles. The van der Waals surface area contributed by atoms with Crippen LogP contribution in [0.2, 0.25) is 0 Å². The molecule has 0 saturated carbocycles. The van der Waals surface area contributed by atoms with Gasteiger partial charge in [-0.05, 0) is 81.9 Å².